The molecule has 0 bridgehead atoms. The Labute approximate surface area is 363 Å². The van der Waals surface area contributed by atoms with Gasteiger partial charge in [-0.1, -0.05) is 182 Å². The second-order valence-corrected chi connectivity index (χ2v) is 16.8. The molecule has 0 spiro atoms. The summed E-state index contributed by atoms with van der Waals surface area (Å²) in [5.41, 5.74) is 15.3. The largest absolute Gasteiger partial charge is 0.332 e. The zero-order chi connectivity index (χ0) is 41.0. The van der Waals surface area contributed by atoms with Gasteiger partial charge in [0.05, 0.1) is 23.5 Å². The normalized spacial score (nSPS) is 21.7. The van der Waals surface area contributed by atoms with Gasteiger partial charge in [0.15, 0.2) is 17.5 Å². The second-order valence-electron chi connectivity index (χ2n) is 16.8. The number of nitrogens with zero attached hydrogens (tertiary/aromatic N) is 5. The molecule has 2 aliphatic heterocycles. The number of rotatable bonds is 7. The van der Waals surface area contributed by atoms with Gasteiger partial charge in [-0.25, -0.2) is 15.0 Å². The van der Waals surface area contributed by atoms with Gasteiger partial charge in [0.1, 0.15) is 0 Å². The topological polar surface area (TPSA) is 45.2 Å². The van der Waals surface area contributed by atoms with Crippen molar-refractivity contribution < 1.29 is 0 Å². The molecule has 3 unspecified atom stereocenters. The molecule has 4 aliphatic carbocycles. The van der Waals surface area contributed by atoms with Gasteiger partial charge in [0.25, 0.3) is 0 Å². The Morgan fingerprint density at radius 3 is 1.77 bits per heavy atom. The van der Waals surface area contributed by atoms with Gasteiger partial charge in [0.2, 0.25) is 0 Å². The van der Waals surface area contributed by atoms with E-state index >= 15 is 0 Å². The van der Waals surface area contributed by atoms with Crippen molar-refractivity contribution in [3.63, 3.8) is 0 Å². The van der Waals surface area contributed by atoms with Crippen molar-refractivity contribution in [2.75, 3.05) is 9.80 Å². The highest BCUT2D eigenvalue weighted by Crippen LogP contribution is 2.53. The summed E-state index contributed by atoms with van der Waals surface area (Å²) in [4.78, 5) is 21.8. The summed E-state index contributed by atoms with van der Waals surface area (Å²) in [6.45, 7) is 0. The van der Waals surface area contributed by atoms with Gasteiger partial charge in [-0.3, -0.25) is 0 Å². The lowest BCUT2D eigenvalue weighted by Crippen LogP contribution is -2.34. The Morgan fingerprint density at radius 1 is 0.468 bits per heavy atom. The Balaban J connectivity index is 1.13. The van der Waals surface area contributed by atoms with E-state index in [1.807, 2.05) is 0 Å². The lowest BCUT2D eigenvalue weighted by molar-refractivity contribution is 0.728. The molecule has 0 amide bonds. The van der Waals surface area contributed by atoms with Crippen LogP contribution in [0.25, 0.3) is 39.5 Å². The zero-order valence-corrected chi connectivity index (χ0v) is 34.4. The molecule has 6 aliphatic rings. The van der Waals surface area contributed by atoms with Gasteiger partial charge in [-0.2, -0.15) is 0 Å². The molecule has 0 saturated carbocycles. The number of benzene rings is 5. The Kier molecular flexibility index (Phi) is 8.98. The molecule has 1 aromatic heterocycles. The standard InChI is InChI=1S/C57H45N5/c1-4-20-38(21-5-1)41-30-18-32-47(53(41)61-49-34-14-10-26-43(49)44-27-11-15-35-50(44)61)56-58-55(40-24-8-3-9-25-40)59-57(60-56)48-33-19-31-42(39-22-6-2-7-23-39)54(48)62-51-36-16-12-28-45(51)46-29-13-17-37-52(46)62/h1,3-6,8-17,19-31,33-37,43,45,49,51H,2,7,18,32H2/t43?,45-,49?,51?/m1/s1. The fourth-order valence-corrected chi connectivity index (χ4v) is 10.6. The molecule has 298 valence electrons. The maximum absolute atomic E-state index is 5.68. The lowest BCUT2D eigenvalue weighted by atomic mass is 9.87. The lowest BCUT2D eigenvalue weighted by Gasteiger charge is -2.35. The predicted octanol–water partition coefficient (Wildman–Crippen LogP) is 13.4. The summed E-state index contributed by atoms with van der Waals surface area (Å²) in [5.74, 6) is 2.53. The Bertz CT molecular complexity index is 3000. The first-order valence-electron chi connectivity index (χ1n) is 22.1. The first kappa shape index (κ1) is 36.5. The summed E-state index contributed by atoms with van der Waals surface area (Å²) in [5, 5.41) is 0. The second kappa shape index (κ2) is 15.3. The van der Waals surface area contributed by atoms with E-state index in [2.05, 4.69) is 210 Å². The number of para-hydroxylation sites is 3. The third-order valence-corrected chi connectivity index (χ3v) is 13.3. The Hall–Kier alpha value is -7.37. The molecule has 5 aromatic carbocycles. The van der Waals surface area contributed by atoms with Crippen LogP contribution in [0.2, 0.25) is 0 Å². The van der Waals surface area contributed by atoms with Crippen molar-refractivity contribution >= 4 is 33.8 Å². The van der Waals surface area contributed by atoms with Crippen molar-refractivity contribution in [3.05, 3.63) is 234 Å². The molecule has 3 heterocycles. The fraction of sp³-hybridized carbons (Fsp3) is 0.140. The van der Waals surface area contributed by atoms with E-state index < -0.39 is 0 Å². The third kappa shape index (κ3) is 6.02. The van der Waals surface area contributed by atoms with E-state index in [9.17, 15) is 0 Å². The predicted molar refractivity (Wildman–Crippen MR) is 255 cm³/mol. The monoisotopic (exact) mass is 799 g/mol. The van der Waals surface area contributed by atoms with E-state index in [0.29, 0.717) is 11.6 Å². The molecule has 12 rings (SSSR count). The minimum atomic E-state index is 0.104. The van der Waals surface area contributed by atoms with Crippen molar-refractivity contribution in [1.29, 1.82) is 0 Å². The minimum absolute atomic E-state index is 0.104. The molecular formula is C57H45N5. The van der Waals surface area contributed by atoms with E-state index in [1.54, 1.807) is 0 Å². The molecule has 62 heavy (non-hydrogen) atoms. The first-order valence-corrected chi connectivity index (χ1v) is 22.1. The van der Waals surface area contributed by atoms with Crippen LogP contribution in [-0.4, -0.2) is 27.0 Å². The molecule has 0 radical (unpaired) electrons. The van der Waals surface area contributed by atoms with Crippen LogP contribution in [-0.2, 0) is 0 Å². The summed E-state index contributed by atoms with van der Waals surface area (Å²) < 4.78 is 0. The zero-order valence-electron chi connectivity index (χ0n) is 34.4. The van der Waals surface area contributed by atoms with Crippen LogP contribution >= 0.6 is 0 Å². The maximum Gasteiger partial charge on any atom is 0.166 e. The van der Waals surface area contributed by atoms with Crippen LogP contribution in [0.3, 0.4) is 0 Å². The van der Waals surface area contributed by atoms with E-state index in [0.717, 1.165) is 53.9 Å². The number of anilines is 3. The van der Waals surface area contributed by atoms with Gasteiger partial charge >= 0.3 is 0 Å². The maximum atomic E-state index is 5.68. The summed E-state index contributed by atoms with van der Waals surface area (Å²) in [6, 6.07) is 46.0. The number of hydrogen-bond donors (Lipinski definition) is 0. The molecule has 0 saturated heterocycles. The van der Waals surface area contributed by atoms with Gasteiger partial charge in [-0.05, 0) is 66.1 Å². The molecule has 0 fully saturated rings. The van der Waals surface area contributed by atoms with E-state index in [4.69, 9.17) is 15.0 Å². The van der Waals surface area contributed by atoms with Crippen LogP contribution in [0.5, 0.6) is 0 Å². The van der Waals surface area contributed by atoms with Crippen LogP contribution in [0.4, 0.5) is 17.1 Å². The van der Waals surface area contributed by atoms with Crippen LogP contribution in [0, 0.1) is 0 Å². The molecule has 5 nitrogen and oxygen atoms in total. The first-order chi connectivity index (χ1) is 30.8. The molecule has 4 atom stereocenters. The van der Waals surface area contributed by atoms with Crippen molar-refractivity contribution in [1.82, 2.24) is 15.0 Å². The van der Waals surface area contributed by atoms with Gasteiger partial charge in [0, 0.05) is 51.0 Å². The number of fused-ring (bicyclic) bond motifs is 6. The highest BCUT2D eigenvalue weighted by Gasteiger charge is 2.42. The number of aromatic nitrogens is 3. The molecule has 0 N–H and O–H groups in total. The van der Waals surface area contributed by atoms with Crippen LogP contribution in [0.15, 0.2) is 206 Å². The van der Waals surface area contributed by atoms with Gasteiger partial charge in [-0.15, -0.1) is 0 Å². The number of allylic oxidation sites excluding steroid dienone is 11. The molecular weight excluding hydrogens is 755 g/mol. The molecule has 6 aromatic rings. The highest BCUT2D eigenvalue weighted by atomic mass is 15.2. The fourth-order valence-electron chi connectivity index (χ4n) is 10.6. The van der Waals surface area contributed by atoms with Crippen molar-refractivity contribution in [2.45, 2.75) is 49.6 Å². The van der Waals surface area contributed by atoms with Gasteiger partial charge < -0.3 is 9.80 Å². The summed E-state index contributed by atoms with van der Waals surface area (Å²) in [6.07, 6.45) is 31.4. The van der Waals surface area contributed by atoms with Crippen LogP contribution in [0.1, 0.15) is 65.6 Å². The Morgan fingerprint density at radius 2 is 1.06 bits per heavy atom. The van der Waals surface area contributed by atoms with Crippen molar-refractivity contribution in [3.8, 4) is 22.8 Å². The third-order valence-electron chi connectivity index (χ3n) is 13.3. The minimum Gasteiger partial charge on any atom is -0.332 e. The number of hydrogen-bond acceptors (Lipinski definition) is 5. The average molecular weight is 800 g/mol. The molecule has 5 heteroatoms. The average Bonchev–Trinajstić information content (AvgIpc) is 3.87. The smallest absolute Gasteiger partial charge is 0.166 e. The quantitative estimate of drug-likeness (QED) is 0.161. The highest BCUT2D eigenvalue weighted by molar-refractivity contribution is 5.97. The van der Waals surface area contributed by atoms with Crippen LogP contribution < -0.4 is 9.80 Å². The summed E-state index contributed by atoms with van der Waals surface area (Å²) >= 11 is 0. The van der Waals surface area contributed by atoms with E-state index in [-0.39, 0.29) is 23.9 Å². The SMILES string of the molecule is C1=CC2c3ccccc3N(C3=C(c4nc(-c5ccccc5)nc(-c5cccc(C6=CCCC=C6)c5N5c6ccccc6[C@H]6C=CC=CC65)n4)CCC=C3c3ccccc3)C2C=C1. The van der Waals surface area contributed by atoms with E-state index in [1.165, 1.54) is 50.5 Å². The van der Waals surface area contributed by atoms with Crippen molar-refractivity contribution in [2.24, 2.45) is 0 Å². The summed E-state index contributed by atoms with van der Waals surface area (Å²) in [7, 11) is 0.